The molecular formula is C22H28O3. The van der Waals surface area contributed by atoms with Gasteiger partial charge in [0.15, 0.2) is 0 Å². The van der Waals surface area contributed by atoms with E-state index in [1.165, 1.54) is 0 Å². The van der Waals surface area contributed by atoms with Gasteiger partial charge in [-0.25, -0.2) is 0 Å². The second-order valence-electron chi connectivity index (χ2n) is 6.66. The van der Waals surface area contributed by atoms with Crippen molar-refractivity contribution < 1.29 is 14.3 Å². The first-order valence-electron chi connectivity index (χ1n) is 8.91. The summed E-state index contributed by atoms with van der Waals surface area (Å²) in [7, 11) is 0. The first-order valence-corrected chi connectivity index (χ1v) is 8.91. The van der Waals surface area contributed by atoms with Crippen LogP contribution in [0, 0.1) is 11.8 Å². The minimum atomic E-state index is -0.0358. The van der Waals surface area contributed by atoms with E-state index in [9.17, 15) is 4.79 Å². The van der Waals surface area contributed by atoms with E-state index in [0.717, 1.165) is 23.8 Å². The Morgan fingerprint density at radius 2 is 1.44 bits per heavy atom. The highest BCUT2D eigenvalue weighted by Gasteiger charge is 2.20. The van der Waals surface area contributed by atoms with Crippen molar-refractivity contribution in [3.8, 4) is 0 Å². The van der Waals surface area contributed by atoms with Crippen molar-refractivity contribution in [3.63, 3.8) is 0 Å². The first kappa shape index (κ1) is 19.4. The molecule has 0 spiro atoms. The number of rotatable bonds is 11. The van der Waals surface area contributed by atoms with Crippen LogP contribution in [0.4, 0.5) is 0 Å². The standard InChI is InChI=1S/C22H28O3/c1-18(14-23)13-19(2)22(25-16-21-11-7-4-8-12-21)17-24-15-20-9-5-3-6-10-20/h3-12,14,18-19,22H,13,15-17H2,1-2H3/t18-,19-,22+/m0/s1. The number of carbonyl (C=O) groups is 1. The topological polar surface area (TPSA) is 35.5 Å². The number of hydrogen-bond acceptors (Lipinski definition) is 3. The van der Waals surface area contributed by atoms with Crippen molar-refractivity contribution in [1.29, 1.82) is 0 Å². The third-order valence-corrected chi connectivity index (χ3v) is 4.31. The fourth-order valence-corrected chi connectivity index (χ4v) is 2.82. The highest BCUT2D eigenvalue weighted by Crippen LogP contribution is 2.19. The normalized spacial score (nSPS) is 14.6. The molecule has 0 saturated carbocycles. The molecule has 3 nitrogen and oxygen atoms in total. The monoisotopic (exact) mass is 340 g/mol. The molecule has 0 unspecified atom stereocenters. The van der Waals surface area contributed by atoms with Crippen molar-refractivity contribution in [2.75, 3.05) is 6.61 Å². The minimum Gasteiger partial charge on any atom is -0.374 e. The van der Waals surface area contributed by atoms with E-state index in [1.54, 1.807) is 0 Å². The van der Waals surface area contributed by atoms with Crippen LogP contribution in [0.1, 0.15) is 31.4 Å². The van der Waals surface area contributed by atoms with Gasteiger partial charge in [-0.2, -0.15) is 0 Å². The summed E-state index contributed by atoms with van der Waals surface area (Å²) in [5.41, 5.74) is 2.30. The number of ether oxygens (including phenoxy) is 2. The number of carbonyl (C=O) groups excluding carboxylic acids is 1. The lowest BCUT2D eigenvalue weighted by molar-refractivity contribution is -0.112. The second kappa shape index (κ2) is 10.8. The predicted octanol–water partition coefficient (Wildman–Crippen LogP) is 4.65. The van der Waals surface area contributed by atoms with E-state index in [2.05, 4.69) is 31.2 Å². The number of hydrogen-bond donors (Lipinski definition) is 0. The highest BCUT2D eigenvalue weighted by atomic mass is 16.5. The summed E-state index contributed by atoms with van der Waals surface area (Å²) in [6.07, 6.45) is 1.78. The molecule has 0 saturated heterocycles. The lowest BCUT2D eigenvalue weighted by Gasteiger charge is -2.25. The number of aldehydes is 1. The zero-order valence-corrected chi connectivity index (χ0v) is 15.1. The quantitative estimate of drug-likeness (QED) is 0.559. The maximum absolute atomic E-state index is 11.0. The molecule has 0 fully saturated rings. The van der Waals surface area contributed by atoms with Gasteiger partial charge in [-0.3, -0.25) is 0 Å². The van der Waals surface area contributed by atoms with Gasteiger partial charge in [0, 0.05) is 5.92 Å². The van der Waals surface area contributed by atoms with Crippen LogP contribution in [-0.2, 0) is 27.5 Å². The van der Waals surface area contributed by atoms with Gasteiger partial charge in [0.05, 0.1) is 25.9 Å². The fraction of sp³-hybridized carbons (Fsp3) is 0.409. The van der Waals surface area contributed by atoms with E-state index < -0.39 is 0 Å². The van der Waals surface area contributed by atoms with Crippen molar-refractivity contribution >= 4 is 6.29 Å². The van der Waals surface area contributed by atoms with Crippen LogP contribution in [0.5, 0.6) is 0 Å². The van der Waals surface area contributed by atoms with Gasteiger partial charge < -0.3 is 14.3 Å². The van der Waals surface area contributed by atoms with Gasteiger partial charge in [-0.1, -0.05) is 74.5 Å². The van der Waals surface area contributed by atoms with Crippen molar-refractivity contribution in [1.82, 2.24) is 0 Å². The predicted molar refractivity (Wildman–Crippen MR) is 100 cm³/mol. The Bertz CT molecular complexity index is 597. The molecule has 25 heavy (non-hydrogen) atoms. The van der Waals surface area contributed by atoms with Crippen molar-refractivity contribution in [2.24, 2.45) is 11.8 Å². The molecule has 3 heteroatoms. The molecule has 2 aromatic carbocycles. The Hall–Kier alpha value is -1.97. The molecule has 0 heterocycles. The molecule has 0 aliphatic heterocycles. The van der Waals surface area contributed by atoms with Crippen LogP contribution < -0.4 is 0 Å². The summed E-state index contributed by atoms with van der Waals surface area (Å²) in [6, 6.07) is 20.3. The SMILES string of the molecule is C[C@H](C=O)C[C@H](C)[C@@H](COCc1ccccc1)OCc1ccccc1. The first-order chi connectivity index (χ1) is 12.2. The van der Waals surface area contributed by atoms with E-state index in [1.807, 2.05) is 43.3 Å². The Balaban J connectivity index is 1.89. The Morgan fingerprint density at radius 1 is 0.880 bits per heavy atom. The molecular weight excluding hydrogens is 312 g/mol. The summed E-state index contributed by atoms with van der Waals surface area (Å²) in [6.45, 7) is 5.72. The molecule has 0 aliphatic carbocycles. The second-order valence-corrected chi connectivity index (χ2v) is 6.66. The molecule has 0 aromatic heterocycles. The molecule has 0 N–H and O–H groups in total. The maximum atomic E-state index is 11.0. The van der Waals surface area contributed by atoms with Crippen LogP contribution in [0.25, 0.3) is 0 Å². The van der Waals surface area contributed by atoms with Gasteiger partial charge >= 0.3 is 0 Å². The lowest BCUT2D eigenvalue weighted by atomic mass is 9.94. The molecule has 0 bridgehead atoms. The van der Waals surface area contributed by atoms with Crippen LogP contribution >= 0.6 is 0 Å². The van der Waals surface area contributed by atoms with Crippen LogP contribution in [0.2, 0.25) is 0 Å². The van der Waals surface area contributed by atoms with E-state index in [0.29, 0.717) is 19.8 Å². The van der Waals surface area contributed by atoms with Crippen molar-refractivity contribution in [2.45, 2.75) is 39.6 Å². The summed E-state index contributed by atoms with van der Waals surface area (Å²) in [4.78, 5) is 11.0. The molecule has 134 valence electrons. The molecule has 0 amide bonds. The summed E-state index contributed by atoms with van der Waals surface area (Å²) in [5, 5.41) is 0. The van der Waals surface area contributed by atoms with E-state index >= 15 is 0 Å². The molecule has 2 rings (SSSR count). The maximum Gasteiger partial charge on any atom is 0.122 e. The van der Waals surface area contributed by atoms with E-state index in [-0.39, 0.29) is 17.9 Å². The molecule has 3 atom stereocenters. The van der Waals surface area contributed by atoms with Gasteiger partial charge in [0.25, 0.3) is 0 Å². The van der Waals surface area contributed by atoms with Crippen molar-refractivity contribution in [3.05, 3.63) is 71.8 Å². The average molecular weight is 340 g/mol. The van der Waals surface area contributed by atoms with Crippen LogP contribution in [0.3, 0.4) is 0 Å². The van der Waals surface area contributed by atoms with Gasteiger partial charge in [0.1, 0.15) is 6.29 Å². The zero-order valence-electron chi connectivity index (χ0n) is 15.1. The summed E-state index contributed by atoms with van der Waals surface area (Å²) in [5.74, 6) is 0.284. The highest BCUT2D eigenvalue weighted by molar-refractivity contribution is 5.52. The summed E-state index contributed by atoms with van der Waals surface area (Å²) < 4.78 is 12.0. The van der Waals surface area contributed by atoms with Crippen LogP contribution in [0.15, 0.2) is 60.7 Å². The lowest BCUT2D eigenvalue weighted by Crippen LogP contribution is -2.29. The molecule has 0 radical (unpaired) electrons. The summed E-state index contributed by atoms with van der Waals surface area (Å²) >= 11 is 0. The zero-order chi connectivity index (χ0) is 17.9. The Morgan fingerprint density at radius 3 is 2.00 bits per heavy atom. The third kappa shape index (κ3) is 7.20. The Labute approximate surface area is 151 Å². The number of benzene rings is 2. The Kier molecular flexibility index (Phi) is 8.36. The molecule has 2 aromatic rings. The largest absolute Gasteiger partial charge is 0.374 e. The van der Waals surface area contributed by atoms with E-state index in [4.69, 9.17) is 9.47 Å². The third-order valence-electron chi connectivity index (χ3n) is 4.31. The molecule has 0 aliphatic rings. The van der Waals surface area contributed by atoms with Gasteiger partial charge in [-0.05, 0) is 23.5 Å². The average Bonchev–Trinajstić information content (AvgIpc) is 2.66. The smallest absolute Gasteiger partial charge is 0.122 e. The van der Waals surface area contributed by atoms with Gasteiger partial charge in [0.2, 0.25) is 0 Å². The van der Waals surface area contributed by atoms with Gasteiger partial charge in [-0.15, -0.1) is 0 Å². The van der Waals surface area contributed by atoms with Crippen LogP contribution in [-0.4, -0.2) is 19.0 Å². The minimum absolute atomic E-state index is 0.0342. The fourth-order valence-electron chi connectivity index (χ4n) is 2.82.